The number of rotatable bonds is 6. The summed E-state index contributed by atoms with van der Waals surface area (Å²) in [6.07, 6.45) is 6.44. The molecule has 1 N–H and O–H groups in total. The molecule has 148 valence electrons. The van der Waals surface area contributed by atoms with E-state index in [0.717, 1.165) is 5.56 Å². The summed E-state index contributed by atoms with van der Waals surface area (Å²) in [5.41, 5.74) is 1.40. The normalized spacial score (nSPS) is 18.6. The minimum absolute atomic E-state index is 0.125. The Bertz CT molecular complexity index is 917. The lowest BCUT2D eigenvalue weighted by Crippen LogP contribution is -2.45. The highest BCUT2D eigenvalue weighted by molar-refractivity contribution is 7.89. The molecule has 1 atom stereocenters. The Balaban J connectivity index is 1.67. The number of nitrogens with zero attached hydrogens (tertiary/aromatic N) is 5. The second kappa shape index (κ2) is 7.81. The first-order valence-electron chi connectivity index (χ1n) is 9.10. The molecule has 27 heavy (non-hydrogen) atoms. The van der Waals surface area contributed by atoms with E-state index in [2.05, 4.69) is 15.5 Å². The van der Waals surface area contributed by atoms with Crippen LogP contribution in [0.3, 0.4) is 0 Å². The summed E-state index contributed by atoms with van der Waals surface area (Å²) in [6.45, 7) is 5.21. The molecule has 1 aliphatic rings. The summed E-state index contributed by atoms with van der Waals surface area (Å²) >= 11 is 0. The molecule has 0 saturated carbocycles. The summed E-state index contributed by atoms with van der Waals surface area (Å²) in [7, 11) is -1.84. The summed E-state index contributed by atoms with van der Waals surface area (Å²) < 4.78 is 30.7. The van der Waals surface area contributed by atoms with Crippen molar-refractivity contribution in [1.82, 2.24) is 29.2 Å². The monoisotopic (exact) mass is 394 g/mol. The molecule has 1 aliphatic heterocycles. The molecule has 0 aromatic carbocycles. The van der Waals surface area contributed by atoms with Crippen LogP contribution < -0.4 is 5.32 Å². The van der Waals surface area contributed by atoms with Crippen LogP contribution in [0.15, 0.2) is 23.5 Å². The van der Waals surface area contributed by atoms with Crippen molar-refractivity contribution in [1.29, 1.82) is 0 Å². The molecule has 3 heterocycles. The summed E-state index contributed by atoms with van der Waals surface area (Å²) in [4.78, 5) is 12.8. The third-order valence-corrected chi connectivity index (χ3v) is 6.79. The Morgan fingerprint density at radius 3 is 2.78 bits per heavy atom. The van der Waals surface area contributed by atoms with Crippen molar-refractivity contribution in [3.05, 3.63) is 29.8 Å². The van der Waals surface area contributed by atoms with Gasteiger partial charge in [0.25, 0.3) is 0 Å². The SMILES string of the molecule is CCn1cc(S(=O)(=O)N2CCC[C@H](C(=O)NCc3cnn(C)c3)C2)c(C)n1. The Kier molecular flexibility index (Phi) is 5.66. The Morgan fingerprint density at radius 1 is 1.37 bits per heavy atom. The standard InChI is InChI=1S/C17H26N6O3S/c1-4-22-12-16(13(2)20-22)27(25,26)23-7-5-6-15(11-23)17(24)18-8-14-9-19-21(3)10-14/h9-10,12,15H,4-8,11H2,1-3H3,(H,18,24)/t15-/m0/s1. The zero-order valence-corrected chi connectivity index (χ0v) is 16.7. The van der Waals surface area contributed by atoms with Gasteiger partial charge in [-0.15, -0.1) is 0 Å². The molecule has 10 heteroatoms. The van der Waals surface area contributed by atoms with Crippen LogP contribution in [0.2, 0.25) is 0 Å². The van der Waals surface area contributed by atoms with Gasteiger partial charge in [-0.2, -0.15) is 14.5 Å². The van der Waals surface area contributed by atoms with Crippen LogP contribution in [0.5, 0.6) is 0 Å². The summed E-state index contributed by atoms with van der Waals surface area (Å²) in [5, 5.41) is 11.2. The van der Waals surface area contributed by atoms with Gasteiger partial charge in [-0.3, -0.25) is 14.2 Å². The van der Waals surface area contributed by atoms with E-state index in [9.17, 15) is 13.2 Å². The number of aromatic nitrogens is 4. The second-order valence-corrected chi connectivity index (χ2v) is 8.78. The van der Waals surface area contributed by atoms with Gasteiger partial charge in [-0.05, 0) is 26.7 Å². The molecule has 2 aromatic heterocycles. The highest BCUT2D eigenvalue weighted by atomic mass is 32.2. The number of aryl methyl sites for hydroxylation is 3. The van der Waals surface area contributed by atoms with Gasteiger partial charge < -0.3 is 5.32 Å². The lowest BCUT2D eigenvalue weighted by atomic mass is 9.99. The maximum atomic E-state index is 13.0. The van der Waals surface area contributed by atoms with E-state index in [4.69, 9.17) is 0 Å². The topological polar surface area (TPSA) is 102 Å². The van der Waals surface area contributed by atoms with E-state index >= 15 is 0 Å². The number of nitrogens with one attached hydrogen (secondary N) is 1. The Hall–Kier alpha value is -2.20. The van der Waals surface area contributed by atoms with Crippen LogP contribution in [0.25, 0.3) is 0 Å². The first-order chi connectivity index (χ1) is 12.8. The van der Waals surface area contributed by atoms with E-state index in [1.165, 1.54) is 4.31 Å². The van der Waals surface area contributed by atoms with E-state index < -0.39 is 10.0 Å². The predicted molar refractivity (Wildman–Crippen MR) is 99.2 cm³/mol. The minimum atomic E-state index is -3.66. The van der Waals surface area contributed by atoms with Gasteiger partial charge in [0, 0.05) is 51.2 Å². The van der Waals surface area contributed by atoms with Crippen LogP contribution in [-0.2, 0) is 35.0 Å². The maximum absolute atomic E-state index is 13.0. The zero-order chi connectivity index (χ0) is 19.6. The lowest BCUT2D eigenvalue weighted by Gasteiger charge is -2.31. The molecule has 0 spiro atoms. The predicted octanol–water partition coefficient (Wildman–Crippen LogP) is 0.662. The van der Waals surface area contributed by atoms with Crippen LogP contribution >= 0.6 is 0 Å². The fourth-order valence-electron chi connectivity index (χ4n) is 3.33. The highest BCUT2D eigenvalue weighted by Gasteiger charge is 2.34. The number of hydrogen-bond donors (Lipinski definition) is 1. The summed E-state index contributed by atoms with van der Waals surface area (Å²) in [5.74, 6) is -0.480. The number of amides is 1. The van der Waals surface area contributed by atoms with Gasteiger partial charge in [0.15, 0.2) is 0 Å². The molecule has 3 rings (SSSR count). The van der Waals surface area contributed by atoms with E-state index in [0.29, 0.717) is 38.2 Å². The quantitative estimate of drug-likeness (QED) is 0.776. The zero-order valence-electron chi connectivity index (χ0n) is 15.9. The number of carbonyl (C=O) groups excluding carboxylic acids is 1. The second-order valence-electron chi connectivity index (χ2n) is 6.88. The van der Waals surface area contributed by atoms with E-state index in [-0.39, 0.29) is 23.3 Å². The Morgan fingerprint density at radius 2 is 2.15 bits per heavy atom. The number of piperidine rings is 1. The van der Waals surface area contributed by atoms with Crippen LogP contribution in [-0.4, -0.2) is 51.3 Å². The molecule has 0 radical (unpaired) electrons. The lowest BCUT2D eigenvalue weighted by molar-refractivity contribution is -0.126. The van der Waals surface area contributed by atoms with Crippen molar-refractivity contribution >= 4 is 15.9 Å². The van der Waals surface area contributed by atoms with E-state index in [1.54, 1.807) is 28.7 Å². The van der Waals surface area contributed by atoms with Gasteiger partial charge in [0.05, 0.1) is 17.8 Å². The minimum Gasteiger partial charge on any atom is -0.352 e. The number of sulfonamides is 1. The molecule has 1 saturated heterocycles. The number of hydrogen-bond acceptors (Lipinski definition) is 5. The third-order valence-electron chi connectivity index (χ3n) is 4.82. The van der Waals surface area contributed by atoms with Gasteiger partial charge in [0.2, 0.25) is 15.9 Å². The van der Waals surface area contributed by atoms with Crippen LogP contribution in [0, 0.1) is 12.8 Å². The average molecular weight is 395 g/mol. The summed E-state index contributed by atoms with van der Waals surface area (Å²) in [6, 6.07) is 0. The smallest absolute Gasteiger partial charge is 0.246 e. The molecule has 0 unspecified atom stereocenters. The molecule has 0 aliphatic carbocycles. The fourth-order valence-corrected chi connectivity index (χ4v) is 5.02. The fraction of sp³-hybridized carbons (Fsp3) is 0.588. The first kappa shape index (κ1) is 19.6. The van der Waals surface area contributed by atoms with Crippen LogP contribution in [0.4, 0.5) is 0 Å². The van der Waals surface area contributed by atoms with Crippen molar-refractivity contribution in [3.8, 4) is 0 Å². The van der Waals surface area contributed by atoms with E-state index in [1.807, 2.05) is 20.2 Å². The van der Waals surface area contributed by atoms with Crippen molar-refractivity contribution in [3.63, 3.8) is 0 Å². The number of carbonyl (C=O) groups is 1. The maximum Gasteiger partial charge on any atom is 0.246 e. The first-order valence-corrected chi connectivity index (χ1v) is 10.5. The van der Waals surface area contributed by atoms with Crippen molar-refractivity contribution in [2.75, 3.05) is 13.1 Å². The van der Waals surface area contributed by atoms with Gasteiger partial charge in [-0.1, -0.05) is 0 Å². The van der Waals surface area contributed by atoms with Gasteiger partial charge in [0.1, 0.15) is 4.90 Å². The van der Waals surface area contributed by atoms with Gasteiger partial charge in [-0.25, -0.2) is 8.42 Å². The third kappa shape index (κ3) is 4.22. The molecule has 1 fully saturated rings. The van der Waals surface area contributed by atoms with Crippen molar-refractivity contribution in [2.45, 2.75) is 44.7 Å². The Labute approximate surface area is 159 Å². The molecular formula is C17H26N6O3S. The largest absolute Gasteiger partial charge is 0.352 e. The van der Waals surface area contributed by atoms with Crippen molar-refractivity contribution in [2.24, 2.45) is 13.0 Å². The molecule has 2 aromatic rings. The van der Waals surface area contributed by atoms with Gasteiger partial charge >= 0.3 is 0 Å². The van der Waals surface area contributed by atoms with Crippen molar-refractivity contribution < 1.29 is 13.2 Å². The highest BCUT2D eigenvalue weighted by Crippen LogP contribution is 2.25. The van der Waals surface area contributed by atoms with Crippen LogP contribution in [0.1, 0.15) is 31.0 Å². The molecule has 1 amide bonds. The molecule has 0 bridgehead atoms. The molecule has 9 nitrogen and oxygen atoms in total. The molecular weight excluding hydrogens is 368 g/mol. The average Bonchev–Trinajstić information content (AvgIpc) is 3.25.